The molecule has 0 aliphatic carbocycles. The maximum atomic E-state index is 3.62. The number of likely N-dealkylation sites (tertiary alicyclic amines) is 1. The summed E-state index contributed by atoms with van der Waals surface area (Å²) < 4.78 is 0. The van der Waals surface area contributed by atoms with Crippen molar-refractivity contribution in [3.8, 4) is 0 Å². The molecule has 2 rings (SSSR count). The second-order valence-corrected chi connectivity index (χ2v) is 5.32. The summed E-state index contributed by atoms with van der Waals surface area (Å²) in [5.41, 5.74) is 1.44. The monoisotopic (exact) mass is 246 g/mol. The summed E-state index contributed by atoms with van der Waals surface area (Å²) in [5, 5.41) is 3.62. The predicted molar refractivity (Wildman–Crippen MR) is 77.9 cm³/mol. The van der Waals surface area contributed by atoms with E-state index < -0.39 is 0 Å². The van der Waals surface area contributed by atoms with Gasteiger partial charge >= 0.3 is 0 Å². The fraction of sp³-hybridized carbons (Fsp3) is 0.625. The first-order valence-corrected chi connectivity index (χ1v) is 7.35. The molecule has 0 unspecified atom stereocenters. The third-order valence-corrected chi connectivity index (χ3v) is 4.02. The Morgan fingerprint density at radius 3 is 2.56 bits per heavy atom. The van der Waals surface area contributed by atoms with Crippen molar-refractivity contribution in [2.24, 2.45) is 5.92 Å². The lowest BCUT2D eigenvalue weighted by atomic mass is 9.97. The van der Waals surface area contributed by atoms with Crippen LogP contribution >= 0.6 is 0 Å². The van der Waals surface area contributed by atoms with Crippen LogP contribution in [0.4, 0.5) is 0 Å². The fourth-order valence-electron chi connectivity index (χ4n) is 2.69. The number of piperidine rings is 1. The number of rotatable bonds is 6. The summed E-state index contributed by atoms with van der Waals surface area (Å²) in [6.45, 7) is 8.37. The number of hydrogen-bond acceptors (Lipinski definition) is 2. The van der Waals surface area contributed by atoms with Gasteiger partial charge in [-0.3, -0.25) is 0 Å². The van der Waals surface area contributed by atoms with E-state index in [4.69, 9.17) is 0 Å². The second kappa shape index (κ2) is 7.55. The molecule has 0 radical (unpaired) electrons. The standard InChI is InChI=1S/C16H26N2/c1-2-18-12-9-16(10-13-18)14-17-11-8-15-6-4-3-5-7-15/h3-7,16-17H,2,8-14H2,1H3. The maximum absolute atomic E-state index is 3.62. The topological polar surface area (TPSA) is 15.3 Å². The van der Waals surface area contributed by atoms with Gasteiger partial charge < -0.3 is 10.2 Å². The van der Waals surface area contributed by atoms with Gasteiger partial charge in [0.25, 0.3) is 0 Å². The van der Waals surface area contributed by atoms with E-state index in [9.17, 15) is 0 Å². The van der Waals surface area contributed by atoms with Crippen LogP contribution in [-0.4, -0.2) is 37.6 Å². The van der Waals surface area contributed by atoms with Gasteiger partial charge in [-0.2, -0.15) is 0 Å². The van der Waals surface area contributed by atoms with E-state index in [2.05, 4.69) is 47.5 Å². The molecule has 1 aliphatic rings. The van der Waals surface area contributed by atoms with Crippen molar-refractivity contribution in [1.82, 2.24) is 10.2 Å². The molecular weight excluding hydrogens is 220 g/mol. The fourth-order valence-corrected chi connectivity index (χ4v) is 2.69. The molecule has 1 heterocycles. The predicted octanol–water partition coefficient (Wildman–Crippen LogP) is 2.55. The van der Waals surface area contributed by atoms with Gasteiger partial charge in [0, 0.05) is 0 Å². The van der Waals surface area contributed by atoms with E-state index in [0.717, 1.165) is 18.9 Å². The SMILES string of the molecule is CCN1CCC(CNCCc2ccccc2)CC1. The van der Waals surface area contributed by atoms with Gasteiger partial charge in [-0.25, -0.2) is 0 Å². The van der Waals surface area contributed by atoms with Crippen molar-refractivity contribution < 1.29 is 0 Å². The van der Waals surface area contributed by atoms with Crippen molar-refractivity contribution in [1.29, 1.82) is 0 Å². The Hall–Kier alpha value is -0.860. The van der Waals surface area contributed by atoms with Crippen molar-refractivity contribution in [2.45, 2.75) is 26.2 Å². The van der Waals surface area contributed by atoms with E-state index in [1.165, 1.54) is 44.6 Å². The van der Waals surface area contributed by atoms with Gasteiger partial charge in [-0.15, -0.1) is 0 Å². The molecule has 1 aromatic carbocycles. The molecule has 1 saturated heterocycles. The molecule has 0 spiro atoms. The lowest BCUT2D eigenvalue weighted by molar-refractivity contribution is 0.190. The van der Waals surface area contributed by atoms with Crippen molar-refractivity contribution in [3.63, 3.8) is 0 Å². The Bertz CT molecular complexity index is 315. The molecule has 1 aromatic rings. The van der Waals surface area contributed by atoms with Gasteiger partial charge in [-0.1, -0.05) is 37.3 Å². The average molecular weight is 246 g/mol. The molecule has 2 heteroatoms. The third kappa shape index (κ3) is 4.43. The molecule has 18 heavy (non-hydrogen) atoms. The Kier molecular flexibility index (Phi) is 5.69. The minimum atomic E-state index is 0.892. The highest BCUT2D eigenvalue weighted by Gasteiger charge is 2.17. The van der Waals surface area contributed by atoms with Crippen molar-refractivity contribution in [2.75, 3.05) is 32.7 Å². The van der Waals surface area contributed by atoms with Gasteiger partial charge in [0.15, 0.2) is 0 Å². The lowest BCUT2D eigenvalue weighted by Crippen LogP contribution is -2.37. The Morgan fingerprint density at radius 1 is 1.17 bits per heavy atom. The highest BCUT2D eigenvalue weighted by molar-refractivity contribution is 5.14. The minimum Gasteiger partial charge on any atom is -0.316 e. The molecule has 0 aromatic heterocycles. The number of benzene rings is 1. The first kappa shape index (κ1) is 13.6. The van der Waals surface area contributed by atoms with E-state index in [1.54, 1.807) is 0 Å². The Morgan fingerprint density at radius 2 is 1.89 bits per heavy atom. The highest BCUT2D eigenvalue weighted by atomic mass is 15.1. The van der Waals surface area contributed by atoms with E-state index in [0.29, 0.717) is 0 Å². The van der Waals surface area contributed by atoms with Crippen LogP contribution in [0.15, 0.2) is 30.3 Å². The number of nitrogens with one attached hydrogen (secondary N) is 1. The molecule has 0 atom stereocenters. The smallest absolute Gasteiger partial charge is 0.000824 e. The number of nitrogens with zero attached hydrogens (tertiary/aromatic N) is 1. The zero-order valence-electron chi connectivity index (χ0n) is 11.6. The quantitative estimate of drug-likeness (QED) is 0.776. The molecule has 1 N–H and O–H groups in total. The Balaban J connectivity index is 1.56. The third-order valence-electron chi connectivity index (χ3n) is 4.02. The van der Waals surface area contributed by atoms with Gasteiger partial charge in [0.1, 0.15) is 0 Å². The van der Waals surface area contributed by atoms with Gasteiger partial charge in [0.2, 0.25) is 0 Å². The molecule has 0 bridgehead atoms. The summed E-state index contributed by atoms with van der Waals surface area (Å²) >= 11 is 0. The zero-order chi connectivity index (χ0) is 12.6. The van der Waals surface area contributed by atoms with Crippen LogP contribution in [0.1, 0.15) is 25.3 Å². The lowest BCUT2D eigenvalue weighted by Gasteiger charge is -2.31. The largest absolute Gasteiger partial charge is 0.316 e. The van der Waals surface area contributed by atoms with Crippen LogP contribution in [0.25, 0.3) is 0 Å². The summed E-state index contributed by atoms with van der Waals surface area (Å²) in [5.74, 6) is 0.892. The highest BCUT2D eigenvalue weighted by Crippen LogP contribution is 2.15. The van der Waals surface area contributed by atoms with Crippen molar-refractivity contribution >= 4 is 0 Å². The van der Waals surface area contributed by atoms with Gasteiger partial charge in [0.05, 0.1) is 0 Å². The van der Waals surface area contributed by atoms with Gasteiger partial charge in [-0.05, 0) is 63.5 Å². The van der Waals surface area contributed by atoms with Crippen LogP contribution in [0, 0.1) is 5.92 Å². The normalized spacial score (nSPS) is 18.1. The van der Waals surface area contributed by atoms with Crippen LogP contribution < -0.4 is 5.32 Å². The average Bonchev–Trinajstić information content (AvgIpc) is 2.45. The molecule has 1 fully saturated rings. The molecule has 100 valence electrons. The zero-order valence-corrected chi connectivity index (χ0v) is 11.6. The minimum absolute atomic E-state index is 0.892. The van der Waals surface area contributed by atoms with E-state index in [1.807, 2.05) is 0 Å². The van der Waals surface area contributed by atoms with E-state index >= 15 is 0 Å². The molecule has 2 nitrogen and oxygen atoms in total. The summed E-state index contributed by atoms with van der Waals surface area (Å²) in [6.07, 6.45) is 3.88. The first-order chi connectivity index (χ1) is 8.88. The summed E-state index contributed by atoms with van der Waals surface area (Å²) in [4.78, 5) is 2.56. The number of hydrogen-bond donors (Lipinski definition) is 1. The second-order valence-electron chi connectivity index (χ2n) is 5.32. The summed E-state index contributed by atoms with van der Waals surface area (Å²) in [6, 6.07) is 10.7. The molecular formula is C16H26N2. The van der Waals surface area contributed by atoms with Crippen molar-refractivity contribution in [3.05, 3.63) is 35.9 Å². The van der Waals surface area contributed by atoms with Crippen LogP contribution in [0.3, 0.4) is 0 Å². The molecule has 0 saturated carbocycles. The molecule has 0 amide bonds. The maximum Gasteiger partial charge on any atom is -0.000824 e. The van der Waals surface area contributed by atoms with Crippen LogP contribution in [0.5, 0.6) is 0 Å². The molecule has 1 aliphatic heterocycles. The van der Waals surface area contributed by atoms with Crippen LogP contribution in [0.2, 0.25) is 0 Å². The van der Waals surface area contributed by atoms with E-state index in [-0.39, 0.29) is 0 Å². The van der Waals surface area contributed by atoms with Crippen LogP contribution in [-0.2, 0) is 6.42 Å². The first-order valence-electron chi connectivity index (χ1n) is 7.35. The Labute approximate surface area is 111 Å². The summed E-state index contributed by atoms with van der Waals surface area (Å²) in [7, 11) is 0.